The molecule has 4 unspecified atom stereocenters. The van der Waals surface area contributed by atoms with Crippen LogP contribution in [0.1, 0.15) is 6.42 Å². The van der Waals surface area contributed by atoms with Gasteiger partial charge in [-0.15, -0.1) is 0 Å². The molecular formula is C8H8O. The molecule has 0 saturated heterocycles. The predicted octanol–water partition coefficient (Wildman–Crippen LogP) is 1.01. The second kappa shape index (κ2) is 1.00. The van der Waals surface area contributed by atoms with Crippen molar-refractivity contribution in [1.29, 1.82) is 0 Å². The lowest BCUT2D eigenvalue weighted by Gasteiger charge is -2.22. The Morgan fingerprint density at radius 2 is 2.33 bits per heavy atom. The molecule has 0 spiro atoms. The number of ketones is 1. The maximum absolute atomic E-state index is 11.2. The number of rotatable bonds is 0. The maximum atomic E-state index is 11.2. The van der Waals surface area contributed by atoms with Crippen LogP contribution >= 0.6 is 0 Å². The number of carbonyl (C=O) groups is 1. The molecule has 1 nitrogen and oxygen atoms in total. The SMILES string of the molecule is O=C1C2C=CC2C2CC12. The lowest BCUT2D eigenvalue weighted by atomic mass is 9.81. The van der Waals surface area contributed by atoms with E-state index in [4.69, 9.17) is 0 Å². The second-order valence-electron chi connectivity index (χ2n) is 3.40. The van der Waals surface area contributed by atoms with Gasteiger partial charge < -0.3 is 0 Å². The molecular weight excluding hydrogens is 112 g/mol. The first-order valence-corrected chi connectivity index (χ1v) is 3.60. The van der Waals surface area contributed by atoms with E-state index < -0.39 is 0 Å². The Morgan fingerprint density at radius 3 is 2.67 bits per heavy atom. The molecule has 3 rings (SSSR count). The van der Waals surface area contributed by atoms with Crippen LogP contribution in [0.5, 0.6) is 0 Å². The zero-order valence-electron chi connectivity index (χ0n) is 5.08. The molecule has 2 saturated carbocycles. The third-order valence-electron chi connectivity index (χ3n) is 2.98. The lowest BCUT2D eigenvalue weighted by molar-refractivity contribution is -0.122. The van der Waals surface area contributed by atoms with Crippen molar-refractivity contribution in [2.45, 2.75) is 6.42 Å². The number of Topliss-reactive ketones (excluding diaryl/α,β-unsaturated/α-hetero) is 1. The minimum Gasteiger partial charge on any atom is -0.299 e. The summed E-state index contributed by atoms with van der Waals surface area (Å²) in [6, 6.07) is 0. The van der Waals surface area contributed by atoms with Gasteiger partial charge in [0.15, 0.2) is 0 Å². The van der Waals surface area contributed by atoms with Crippen molar-refractivity contribution in [1.82, 2.24) is 0 Å². The highest BCUT2D eigenvalue weighted by Gasteiger charge is 2.60. The van der Waals surface area contributed by atoms with Crippen LogP contribution in [0.15, 0.2) is 12.2 Å². The van der Waals surface area contributed by atoms with Crippen molar-refractivity contribution in [2.24, 2.45) is 23.7 Å². The Bertz CT molecular complexity index is 217. The van der Waals surface area contributed by atoms with E-state index in [2.05, 4.69) is 12.2 Å². The first-order valence-electron chi connectivity index (χ1n) is 3.60. The van der Waals surface area contributed by atoms with Gasteiger partial charge in [-0.1, -0.05) is 12.2 Å². The topological polar surface area (TPSA) is 17.1 Å². The number of allylic oxidation sites excluding steroid dienone is 2. The minimum atomic E-state index is 0.369. The molecule has 4 atom stereocenters. The summed E-state index contributed by atoms with van der Waals surface area (Å²) in [5, 5.41) is 0. The number of hydrogen-bond acceptors (Lipinski definition) is 1. The maximum Gasteiger partial charge on any atom is 0.143 e. The van der Waals surface area contributed by atoms with Gasteiger partial charge >= 0.3 is 0 Å². The number of hydrogen-bond donors (Lipinski definition) is 0. The van der Waals surface area contributed by atoms with E-state index in [-0.39, 0.29) is 0 Å². The summed E-state index contributed by atoms with van der Waals surface area (Å²) in [7, 11) is 0. The van der Waals surface area contributed by atoms with Crippen LogP contribution in [0.2, 0.25) is 0 Å². The van der Waals surface area contributed by atoms with Crippen LogP contribution < -0.4 is 0 Å². The standard InChI is InChI=1S/C8H8O/c9-8-5-2-1-4(5)6-3-7(6)8/h1-2,4-7H,3H2. The van der Waals surface area contributed by atoms with Gasteiger partial charge in [0.2, 0.25) is 0 Å². The molecule has 0 aromatic rings. The number of fused-ring (bicyclic) bond motifs is 3. The van der Waals surface area contributed by atoms with Crippen molar-refractivity contribution >= 4 is 5.78 Å². The minimum absolute atomic E-state index is 0.369. The van der Waals surface area contributed by atoms with Crippen LogP contribution in [0, 0.1) is 23.7 Å². The zero-order valence-corrected chi connectivity index (χ0v) is 5.08. The van der Waals surface area contributed by atoms with Crippen LogP contribution in [-0.2, 0) is 4.79 Å². The molecule has 46 valence electrons. The van der Waals surface area contributed by atoms with Gasteiger partial charge in [0.25, 0.3) is 0 Å². The van der Waals surface area contributed by atoms with Gasteiger partial charge in [-0.05, 0) is 18.3 Å². The number of carbonyl (C=O) groups excluding carboxylic acids is 1. The largest absolute Gasteiger partial charge is 0.299 e. The lowest BCUT2D eigenvalue weighted by Crippen LogP contribution is -2.22. The summed E-state index contributed by atoms with van der Waals surface area (Å²) < 4.78 is 0. The van der Waals surface area contributed by atoms with E-state index >= 15 is 0 Å². The van der Waals surface area contributed by atoms with Gasteiger partial charge in [-0.2, -0.15) is 0 Å². The molecule has 0 aromatic heterocycles. The third kappa shape index (κ3) is 0.311. The van der Waals surface area contributed by atoms with Gasteiger partial charge in [0, 0.05) is 11.8 Å². The molecule has 2 fully saturated rings. The van der Waals surface area contributed by atoms with Gasteiger partial charge in [0.1, 0.15) is 5.78 Å². The van der Waals surface area contributed by atoms with E-state index in [0.717, 1.165) is 5.92 Å². The fourth-order valence-electron chi connectivity index (χ4n) is 2.26. The average Bonchev–Trinajstić information content (AvgIpc) is 2.38. The summed E-state index contributed by atoms with van der Waals surface area (Å²) in [4.78, 5) is 11.2. The van der Waals surface area contributed by atoms with E-state index in [1.807, 2.05) is 0 Å². The fraction of sp³-hybridized carbons (Fsp3) is 0.625. The third-order valence-corrected chi connectivity index (χ3v) is 2.98. The molecule has 0 N–H and O–H groups in total. The Balaban J connectivity index is 2.09. The molecule has 3 aliphatic carbocycles. The highest BCUT2D eigenvalue weighted by atomic mass is 16.1. The van der Waals surface area contributed by atoms with Crippen molar-refractivity contribution in [3.8, 4) is 0 Å². The predicted molar refractivity (Wildman–Crippen MR) is 32.7 cm³/mol. The summed E-state index contributed by atoms with van der Waals surface area (Å²) in [6.45, 7) is 0. The van der Waals surface area contributed by atoms with Crippen molar-refractivity contribution in [2.75, 3.05) is 0 Å². The normalized spacial score (nSPS) is 58.4. The molecule has 9 heavy (non-hydrogen) atoms. The van der Waals surface area contributed by atoms with Crippen LogP contribution in [0.25, 0.3) is 0 Å². The van der Waals surface area contributed by atoms with Gasteiger partial charge in [-0.3, -0.25) is 4.79 Å². The Hall–Kier alpha value is -0.590. The summed E-state index contributed by atoms with van der Waals surface area (Å²) >= 11 is 0. The van der Waals surface area contributed by atoms with Crippen molar-refractivity contribution < 1.29 is 4.79 Å². The van der Waals surface area contributed by atoms with E-state index in [9.17, 15) is 4.79 Å². The summed E-state index contributed by atoms with van der Waals surface area (Å²) in [6.07, 6.45) is 5.48. The molecule has 0 bridgehead atoms. The van der Waals surface area contributed by atoms with Crippen LogP contribution in [-0.4, -0.2) is 5.78 Å². The Labute approximate surface area is 53.7 Å². The summed E-state index contributed by atoms with van der Waals surface area (Å²) in [5.41, 5.74) is 0. The van der Waals surface area contributed by atoms with E-state index in [0.29, 0.717) is 23.5 Å². The highest BCUT2D eigenvalue weighted by Crippen LogP contribution is 2.59. The molecule has 0 aromatic carbocycles. The smallest absolute Gasteiger partial charge is 0.143 e. The second-order valence-corrected chi connectivity index (χ2v) is 3.40. The highest BCUT2D eigenvalue weighted by molar-refractivity contribution is 5.92. The first kappa shape index (κ1) is 4.26. The molecule has 3 aliphatic rings. The monoisotopic (exact) mass is 120 g/mol. The Morgan fingerprint density at radius 1 is 1.44 bits per heavy atom. The van der Waals surface area contributed by atoms with Crippen LogP contribution in [0.3, 0.4) is 0 Å². The molecule has 1 heteroatoms. The van der Waals surface area contributed by atoms with Gasteiger partial charge in [-0.25, -0.2) is 0 Å². The zero-order chi connectivity index (χ0) is 6.01. The van der Waals surface area contributed by atoms with Gasteiger partial charge in [0.05, 0.1) is 0 Å². The molecule has 0 radical (unpaired) electrons. The molecule has 0 heterocycles. The fourth-order valence-corrected chi connectivity index (χ4v) is 2.26. The van der Waals surface area contributed by atoms with Crippen molar-refractivity contribution in [3.63, 3.8) is 0 Å². The molecule has 0 aliphatic heterocycles. The van der Waals surface area contributed by atoms with E-state index in [1.54, 1.807) is 0 Å². The molecule has 0 amide bonds. The van der Waals surface area contributed by atoms with Crippen LogP contribution in [0.4, 0.5) is 0 Å². The average molecular weight is 120 g/mol. The quantitative estimate of drug-likeness (QED) is 0.436. The first-order chi connectivity index (χ1) is 4.38. The van der Waals surface area contributed by atoms with E-state index in [1.165, 1.54) is 6.42 Å². The summed E-state index contributed by atoms with van der Waals surface area (Å²) in [5.74, 6) is 2.87. The Kier molecular flexibility index (Phi) is 0.476. The van der Waals surface area contributed by atoms with Crippen molar-refractivity contribution in [3.05, 3.63) is 12.2 Å².